The van der Waals surface area contributed by atoms with Crippen LogP contribution in [0.1, 0.15) is 12.5 Å². The lowest BCUT2D eigenvalue weighted by Crippen LogP contribution is -2.18. The highest BCUT2D eigenvalue weighted by molar-refractivity contribution is 6.30. The smallest absolute Gasteiger partial charge is 0.427 e. The van der Waals surface area contributed by atoms with Gasteiger partial charge in [0.15, 0.2) is 0 Å². The topological polar surface area (TPSA) is 50.7 Å². The van der Waals surface area contributed by atoms with E-state index >= 15 is 0 Å². The zero-order valence-corrected chi connectivity index (χ0v) is 8.99. The predicted molar refractivity (Wildman–Crippen MR) is 59.2 cm³/mol. The largest absolute Gasteiger partial charge is 0.449 e. The molecule has 1 rings (SSSR count). The third kappa shape index (κ3) is 4.46. The van der Waals surface area contributed by atoms with Gasteiger partial charge in [0.1, 0.15) is 0 Å². The summed E-state index contributed by atoms with van der Waals surface area (Å²) in [5.41, 5.74) is 3.02. The fourth-order valence-electron chi connectivity index (χ4n) is 0.910. The molecule has 0 radical (unpaired) electrons. The minimum absolute atomic E-state index is 0.318. The Bertz CT molecular complexity index is 366. The number of ether oxygens (including phenoxy) is 1. The minimum atomic E-state index is -0.573. The highest BCUT2D eigenvalue weighted by Gasteiger charge is 1.95. The molecule has 15 heavy (non-hydrogen) atoms. The Labute approximate surface area is 92.9 Å². The standard InChI is InChI=1S/C10H11ClN2O2/c1-2-15-10(14)13-12-7-8-4-3-5-9(11)6-8/h3-7H,2H2,1H3,(H,13,14)/b12-7+. The SMILES string of the molecule is CCOC(=O)N/N=C/c1cccc(Cl)c1. The molecule has 0 saturated carbocycles. The second kappa shape index (κ2) is 6.03. The molecule has 80 valence electrons. The monoisotopic (exact) mass is 226 g/mol. The third-order valence-corrected chi connectivity index (χ3v) is 1.73. The van der Waals surface area contributed by atoms with E-state index in [-0.39, 0.29) is 0 Å². The van der Waals surface area contributed by atoms with Crippen molar-refractivity contribution in [2.24, 2.45) is 5.10 Å². The number of carbonyl (C=O) groups excluding carboxylic acids is 1. The van der Waals surface area contributed by atoms with Crippen LogP contribution in [0.15, 0.2) is 29.4 Å². The predicted octanol–water partition coefficient (Wildman–Crippen LogP) is 2.42. The fourth-order valence-corrected chi connectivity index (χ4v) is 1.11. The summed E-state index contributed by atoms with van der Waals surface area (Å²) in [5.74, 6) is 0. The van der Waals surface area contributed by atoms with Gasteiger partial charge >= 0.3 is 6.09 Å². The van der Waals surface area contributed by atoms with Crippen LogP contribution in [-0.4, -0.2) is 18.9 Å². The molecule has 0 bridgehead atoms. The average molecular weight is 227 g/mol. The normalized spacial score (nSPS) is 10.3. The van der Waals surface area contributed by atoms with E-state index in [9.17, 15) is 4.79 Å². The highest BCUT2D eigenvalue weighted by atomic mass is 35.5. The molecule has 0 heterocycles. The van der Waals surface area contributed by atoms with Gasteiger partial charge in [-0.25, -0.2) is 10.2 Å². The summed E-state index contributed by atoms with van der Waals surface area (Å²) >= 11 is 5.76. The molecule has 1 amide bonds. The molecule has 4 nitrogen and oxygen atoms in total. The number of benzene rings is 1. The van der Waals surface area contributed by atoms with E-state index in [1.807, 2.05) is 6.07 Å². The first-order valence-corrected chi connectivity index (χ1v) is 4.81. The number of hydrogen-bond acceptors (Lipinski definition) is 3. The van der Waals surface area contributed by atoms with Crippen molar-refractivity contribution in [3.8, 4) is 0 Å². The summed E-state index contributed by atoms with van der Waals surface area (Å²) in [6.45, 7) is 2.04. The van der Waals surface area contributed by atoms with Gasteiger partial charge in [-0.1, -0.05) is 23.7 Å². The summed E-state index contributed by atoms with van der Waals surface area (Å²) < 4.78 is 4.61. The van der Waals surface area contributed by atoms with Crippen LogP contribution in [0.4, 0.5) is 4.79 Å². The Hall–Kier alpha value is -1.55. The molecule has 1 aromatic carbocycles. The first kappa shape index (κ1) is 11.5. The van der Waals surface area contributed by atoms with Crippen LogP contribution in [0.25, 0.3) is 0 Å². The molecule has 0 aromatic heterocycles. The number of hydrogen-bond donors (Lipinski definition) is 1. The number of rotatable bonds is 3. The van der Waals surface area contributed by atoms with Gasteiger partial charge in [-0.15, -0.1) is 0 Å². The van der Waals surface area contributed by atoms with Crippen molar-refractivity contribution >= 4 is 23.9 Å². The maximum atomic E-state index is 10.8. The Morgan fingerprint density at radius 3 is 3.13 bits per heavy atom. The molecule has 1 N–H and O–H groups in total. The zero-order chi connectivity index (χ0) is 11.1. The average Bonchev–Trinajstić information content (AvgIpc) is 2.18. The van der Waals surface area contributed by atoms with Crippen molar-refractivity contribution in [3.63, 3.8) is 0 Å². The molecule has 0 fully saturated rings. The molecular weight excluding hydrogens is 216 g/mol. The van der Waals surface area contributed by atoms with Crippen LogP contribution < -0.4 is 5.43 Å². The first-order chi connectivity index (χ1) is 7.22. The van der Waals surface area contributed by atoms with Crippen LogP contribution >= 0.6 is 11.6 Å². The van der Waals surface area contributed by atoms with Crippen LogP contribution in [0.3, 0.4) is 0 Å². The molecule has 1 aromatic rings. The zero-order valence-electron chi connectivity index (χ0n) is 8.24. The second-order valence-electron chi connectivity index (χ2n) is 2.65. The molecule has 0 aliphatic rings. The van der Waals surface area contributed by atoms with E-state index in [1.54, 1.807) is 25.1 Å². The van der Waals surface area contributed by atoms with Crippen LogP contribution in [0.2, 0.25) is 5.02 Å². The van der Waals surface area contributed by atoms with E-state index in [0.717, 1.165) is 5.56 Å². The number of nitrogens with one attached hydrogen (secondary N) is 1. The van der Waals surface area contributed by atoms with Gasteiger partial charge in [0, 0.05) is 5.02 Å². The van der Waals surface area contributed by atoms with E-state index in [4.69, 9.17) is 11.6 Å². The molecule has 0 aliphatic carbocycles. The lowest BCUT2D eigenvalue weighted by atomic mass is 10.2. The van der Waals surface area contributed by atoms with Crippen LogP contribution in [-0.2, 0) is 4.74 Å². The number of hydrazone groups is 1. The fraction of sp³-hybridized carbons (Fsp3) is 0.200. The molecule has 5 heteroatoms. The van der Waals surface area contributed by atoms with E-state index in [0.29, 0.717) is 11.6 Å². The number of halogens is 1. The second-order valence-corrected chi connectivity index (χ2v) is 3.08. The Balaban J connectivity index is 2.48. The summed E-state index contributed by atoms with van der Waals surface area (Å²) in [6.07, 6.45) is 0.916. The maximum absolute atomic E-state index is 10.8. The molecular formula is C10H11ClN2O2. The minimum Gasteiger partial charge on any atom is -0.449 e. The van der Waals surface area contributed by atoms with Crippen molar-refractivity contribution < 1.29 is 9.53 Å². The number of nitrogens with zero attached hydrogens (tertiary/aromatic N) is 1. The van der Waals surface area contributed by atoms with Gasteiger partial charge in [0.05, 0.1) is 12.8 Å². The van der Waals surface area contributed by atoms with Gasteiger partial charge in [0.2, 0.25) is 0 Å². The number of amides is 1. The van der Waals surface area contributed by atoms with Gasteiger partial charge in [0.25, 0.3) is 0 Å². The van der Waals surface area contributed by atoms with E-state index in [1.165, 1.54) is 6.21 Å². The van der Waals surface area contributed by atoms with Crippen LogP contribution in [0, 0.1) is 0 Å². The quantitative estimate of drug-likeness (QED) is 0.636. The van der Waals surface area contributed by atoms with Gasteiger partial charge in [-0.3, -0.25) is 0 Å². The lowest BCUT2D eigenvalue weighted by molar-refractivity contribution is 0.152. The molecule has 0 spiro atoms. The van der Waals surface area contributed by atoms with E-state index in [2.05, 4.69) is 15.3 Å². The molecule has 0 saturated heterocycles. The lowest BCUT2D eigenvalue weighted by Gasteiger charge is -1.98. The van der Waals surface area contributed by atoms with Crippen molar-refractivity contribution in [1.29, 1.82) is 0 Å². The van der Waals surface area contributed by atoms with Crippen molar-refractivity contribution in [2.75, 3.05) is 6.61 Å². The van der Waals surface area contributed by atoms with Gasteiger partial charge < -0.3 is 4.74 Å². The molecule has 0 aliphatic heterocycles. The highest BCUT2D eigenvalue weighted by Crippen LogP contribution is 2.08. The summed E-state index contributed by atoms with van der Waals surface area (Å²) in [4.78, 5) is 10.8. The Morgan fingerprint density at radius 1 is 1.67 bits per heavy atom. The van der Waals surface area contributed by atoms with E-state index < -0.39 is 6.09 Å². The van der Waals surface area contributed by atoms with Crippen molar-refractivity contribution in [3.05, 3.63) is 34.9 Å². The third-order valence-electron chi connectivity index (χ3n) is 1.49. The maximum Gasteiger partial charge on any atom is 0.427 e. The Morgan fingerprint density at radius 2 is 2.47 bits per heavy atom. The summed E-state index contributed by atoms with van der Waals surface area (Å²) in [6, 6.07) is 7.12. The van der Waals surface area contributed by atoms with Gasteiger partial charge in [-0.2, -0.15) is 5.10 Å². The Kier molecular flexibility index (Phi) is 4.63. The van der Waals surface area contributed by atoms with Crippen molar-refractivity contribution in [1.82, 2.24) is 5.43 Å². The first-order valence-electron chi connectivity index (χ1n) is 4.43. The molecule has 0 atom stereocenters. The molecule has 0 unspecified atom stereocenters. The van der Waals surface area contributed by atoms with Crippen molar-refractivity contribution in [2.45, 2.75) is 6.92 Å². The summed E-state index contributed by atoms with van der Waals surface area (Å²) in [5, 5.41) is 4.31. The number of carbonyl (C=O) groups is 1. The van der Waals surface area contributed by atoms with Crippen LogP contribution in [0.5, 0.6) is 0 Å². The summed E-state index contributed by atoms with van der Waals surface area (Å²) in [7, 11) is 0. The van der Waals surface area contributed by atoms with Gasteiger partial charge in [-0.05, 0) is 24.6 Å².